The number of carboxylic acid groups (broad SMARTS) is 3. The molecule has 35 heteroatoms. The molecule has 0 aliphatic carbocycles. The van der Waals surface area contributed by atoms with Crippen LogP contribution in [0.2, 0.25) is 0 Å². The van der Waals surface area contributed by atoms with E-state index < -0.39 is 86.3 Å². The molecule has 3 heterocycles. The van der Waals surface area contributed by atoms with Crippen LogP contribution in [0.25, 0.3) is 10.9 Å². The minimum absolute atomic E-state index is 0.0825. The monoisotopic (exact) mass is 1370 g/mol. The van der Waals surface area contributed by atoms with Gasteiger partial charge in [-0.15, -0.1) is 0 Å². The lowest BCUT2D eigenvalue weighted by Crippen LogP contribution is -2.53. The molecule has 0 radical (unpaired) electrons. The van der Waals surface area contributed by atoms with Crippen LogP contribution in [-0.4, -0.2) is 275 Å². The van der Waals surface area contributed by atoms with E-state index in [4.69, 9.17) is 18.9 Å². The summed E-state index contributed by atoms with van der Waals surface area (Å²) in [6.07, 6.45) is 5.97. The summed E-state index contributed by atoms with van der Waals surface area (Å²) < 4.78 is 83.0. The Balaban J connectivity index is 0.911. The van der Waals surface area contributed by atoms with E-state index in [9.17, 15) is 75.8 Å². The number of pyridine rings is 1. The van der Waals surface area contributed by atoms with E-state index in [0.29, 0.717) is 88.9 Å². The minimum Gasteiger partial charge on any atom is -0.494 e. The van der Waals surface area contributed by atoms with Crippen LogP contribution in [0.3, 0.4) is 0 Å². The minimum atomic E-state index is -4.48. The lowest BCUT2D eigenvalue weighted by atomic mass is 10.1. The Labute approximate surface area is 546 Å². The number of anilines is 1. The van der Waals surface area contributed by atoms with E-state index in [1.807, 2.05) is 6.92 Å². The number of hydrogen-bond donors (Lipinski definition) is 13. The molecule has 0 saturated carbocycles. The van der Waals surface area contributed by atoms with Crippen molar-refractivity contribution < 1.29 is 89.9 Å². The van der Waals surface area contributed by atoms with Crippen molar-refractivity contribution in [2.45, 2.75) is 70.0 Å². The fourth-order valence-electron chi connectivity index (χ4n) is 10.0. The van der Waals surface area contributed by atoms with Gasteiger partial charge in [-0.3, -0.25) is 53.1 Å². The Bertz CT molecular complexity index is 3250. The maximum atomic E-state index is 13.6. The van der Waals surface area contributed by atoms with Crippen LogP contribution in [0, 0.1) is 13.8 Å². The molecule has 2 aromatic heterocycles. The van der Waals surface area contributed by atoms with Crippen LogP contribution in [-0.2, 0) is 66.6 Å². The van der Waals surface area contributed by atoms with Gasteiger partial charge in [-0.05, 0) is 80.6 Å². The fourth-order valence-corrected chi connectivity index (χ4v) is 12.4. The van der Waals surface area contributed by atoms with Crippen molar-refractivity contribution in [3.05, 3.63) is 81.4 Å². The summed E-state index contributed by atoms with van der Waals surface area (Å²) in [5.74, 6) is -6.15. The van der Waals surface area contributed by atoms with Crippen LogP contribution >= 0.6 is 10.9 Å². The Morgan fingerprint density at radius 3 is 1.80 bits per heavy atom. The lowest BCUT2D eigenvalue weighted by Gasteiger charge is -2.33. The van der Waals surface area contributed by atoms with Gasteiger partial charge in [0, 0.05) is 129 Å². The predicted molar refractivity (Wildman–Crippen MR) is 347 cm³/mol. The number of aromatic nitrogens is 3. The number of aromatic amines is 1. The summed E-state index contributed by atoms with van der Waals surface area (Å²) in [6.45, 7) is 9.82. The van der Waals surface area contributed by atoms with Crippen molar-refractivity contribution in [1.29, 1.82) is 0 Å². The first-order chi connectivity index (χ1) is 44.7. The number of benzene rings is 2. The quantitative estimate of drug-likeness (QED) is 0.0261. The summed E-state index contributed by atoms with van der Waals surface area (Å²) in [7, 11) is -7.05. The summed E-state index contributed by atoms with van der Waals surface area (Å²) in [5.41, 5.74) is 1.03. The largest absolute Gasteiger partial charge is 0.494 e. The highest BCUT2D eigenvalue weighted by atomic mass is 32.3. The molecule has 524 valence electrons. The van der Waals surface area contributed by atoms with Gasteiger partial charge >= 0.3 is 17.9 Å². The third-order valence-corrected chi connectivity index (χ3v) is 17.4. The number of carboxylic acids is 3. The molecule has 94 heavy (non-hydrogen) atoms. The first-order valence-electron chi connectivity index (χ1n) is 30.7. The second-order valence-electron chi connectivity index (χ2n) is 22.3. The van der Waals surface area contributed by atoms with Gasteiger partial charge in [-0.1, -0.05) is 13.0 Å². The van der Waals surface area contributed by atoms with Crippen molar-refractivity contribution in [2.24, 2.45) is 7.05 Å². The maximum absolute atomic E-state index is 13.6. The number of carbonyl (C=O) groups excluding carboxylic acids is 4. The number of aliphatic carboxylic acids is 3. The van der Waals surface area contributed by atoms with Crippen molar-refractivity contribution in [1.82, 2.24) is 60.1 Å². The molecule has 2 aromatic carbocycles. The molecular weight excluding hydrogens is 1270 g/mol. The van der Waals surface area contributed by atoms with E-state index in [0.717, 1.165) is 5.56 Å². The van der Waals surface area contributed by atoms with Crippen molar-refractivity contribution in [3.8, 4) is 5.75 Å². The maximum Gasteiger partial charge on any atom is 0.323 e. The van der Waals surface area contributed by atoms with Crippen molar-refractivity contribution >= 4 is 79.3 Å². The zero-order chi connectivity index (χ0) is 68.8. The molecule has 1 saturated heterocycles. The van der Waals surface area contributed by atoms with Crippen LogP contribution in [0.5, 0.6) is 5.75 Å². The Kier molecular flexibility index (Phi) is 32.5. The van der Waals surface area contributed by atoms with Crippen LogP contribution in [0.1, 0.15) is 59.7 Å². The average molecular weight is 1370 g/mol. The van der Waals surface area contributed by atoms with Crippen LogP contribution < -0.4 is 41.5 Å². The number of likely N-dealkylation sites (N-methyl/N-ethyl adjacent to an activating group) is 1. The lowest BCUT2D eigenvalue weighted by molar-refractivity contribution is -0.139. The van der Waals surface area contributed by atoms with Gasteiger partial charge in [0.2, 0.25) is 33.2 Å². The number of carbonyl (C=O) groups is 7. The number of nitrogens with one attached hydrogen (secondary N) is 7. The number of aryl methyl sites for hydroxylation is 3. The Hall–Kier alpha value is -7.39. The number of H-pyrrole nitrogens is 1. The fraction of sp³-hybridized carbons (Fsp3) is 0.576. The topological polar surface area (TPSA) is 448 Å². The summed E-state index contributed by atoms with van der Waals surface area (Å²) >= 11 is 0. The first kappa shape index (κ1) is 77.3. The van der Waals surface area contributed by atoms with Crippen LogP contribution in [0.15, 0.2) is 58.6 Å². The van der Waals surface area contributed by atoms with Crippen molar-refractivity contribution in [3.63, 3.8) is 0 Å². The van der Waals surface area contributed by atoms with E-state index in [2.05, 4.69) is 46.2 Å². The Morgan fingerprint density at radius 2 is 1.26 bits per heavy atom. The molecule has 1 fully saturated rings. The number of imidazole rings is 1. The average Bonchev–Trinajstić information content (AvgIpc) is 0.827. The summed E-state index contributed by atoms with van der Waals surface area (Å²) in [4.78, 5) is 115. The highest BCUT2D eigenvalue weighted by Crippen LogP contribution is 2.33. The Morgan fingerprint density at radius 1 is 0.691 bits per heavy atom. The predicted octanol–water partition coefficient (Wildman–Crippen LogP) is -0.00746. The number of hydrogen-bond acceptors (Lipinski definition) is 23. The molecular formula is C59H91N13O20S2. The number of ether oxygens (including phenoxy) is 4. The van der Waals surface area contributed by atoms with E-state index in [-0.39, 0.29) is 131 Å². The standard InChI is InChI=1S/C59H91N13O20S2/c1-5-69-16-18-71(38-52(75)76)22-20-70(21-23-72(19-17-69)39-53(77)78)37-51(74)66-48(40-93(84,85)86)57(81)61-13-8-25-90-28-30-91-29-27-89-24-7-12-60-50(73)9-6-26-92-44-31-41(2)55(42(3)32-44)94(87,88)67-47(58(82)83)35-64-56(80)46-36-68(4)49-33-43(10-11-45(49)54(46)79)34-65-59-62-14-15-63-59/h10-11,14-15,31-33,36,47-48,67,84-86H,5-9,12-13,16-30,34-35,37-40H2,1-4H3,(H,60,73)(H,61,81)(H,64,80)(H,66,74)(H,75,76)(H,77,78)(H,82,83)(H2,62,63,65)/t47-,48+/m0/s1. The van der Waals surface area contributed by atoms with E-state index in [1.54, 1.807) is 56.9 Å². The molecule has 0 spiro atoms. The highest BCUT2D eigenvalue weighted by Gasteiger charge is 2.31. The van der Waals surface area contributed by atoms with Gasteiger partial charge in [-0.2, -0.15) is 4.72 Å². The number of rotatable bonds is 40. The number of fused-ring (bicyclic) bond motifs is 1. The van der Waals surface area contributed by atoms with Gasteiger partial charge in [0.05, 0.1) is 79.7 Å². The SMILES string of the molecule is CCN1CCN(CC(=O)O)CCN(CC(=O)N[C@H](CS(O)(O)O)C(=O)NCCCOCCOCCOCCCNC(=O)CCCOc2cc(C)c(S(=O)(=O)N[C@@H](CNC(=O)c3cn(C)c4cc(CNc5ncc[nH]5)ccc4c3=O)C(=O)O)c(C)c2)CCN(CC(=O)O)CC1. The summed E-state index contributed by atoms with van der Waals surface area (Å²) in [6, 6.07) is 4.72. The van der Waals surface area contributed by atoms with E-state index >= 15 is 0 Å². The van der Waals surface area contributed by atoms with Gasteiger partial charge in [0.1, 0.15) is 23.4 Å². The third-order valence-electron chi connectivity index (χ3n) is 14.8. The van der Waals surface area contributed by atoms with Gasteiger partial charge in [0.15, 0.2) is 5.95 Å². The first-order valence-corrected chi connectivity index (χ1v) is 33.9. The van der Waals surface area contributed by atoms with Crippen LogP contribution in [0.4, 0.5) is 5.95 Å². The zero-order valence-electron chi connectivity index (χ0n) is 53.5. The molecule has 2 atom stereocenters. The smallest absolute Gasteiger partial charge is 0.323 e. The molecule has 0 unspecified atom stereocenters. The van der Waals surface area contributed by atoms with E-state index in [1.165, 1.54) is 32.2 Å². The summed E-state index contributed by atoms with van der Waals surface area (Å²) in [5, 5.41) is 42.6. The molecule has 4 amide bonds. The number of amides is 4. The normalized spacial score (nSPS) is 15.1. The molecule has 1 aliphatic rings. The third kappa shape index (κ3) is 27.9. The number of sulfonamides is 1. The molecule has 4 aromatic rings. The van der Waals surface area contributed by atoms with Gasteiger partial charge in [0.25, 0.3) is 5.91 Å². The second-order valence-corrected chi connectivity index (χ2v) is 25.6. The molecule has 13 N–H and O–H groups in total. The van der Waals surface area contributed by atoms with Gasteiger partial charge in [-0.25, -0.2) is 13.4 Å². The molecule has 33 nitrogen and oxygen atoms in total. The number of nitrogens with zero attached hydrogens (tertiary/aromatic N) is 6. The van der Waals surface area contributed by atoms with Crippen molar-refractivity contribution in [2.75, 3.05) is 155 Å². The molecule has 5 rings (SSSR count). The zero-order valence-corrected chi connectivity index (χ0v) is 55.1. The highest BCUT2D eigenvalue weighted by molar-refractivity contribution is 8.19. The molecule has 0 bridgehead atoms. The molecule has 1 aliphatic heterocycles. The second kappa shape index (κ2) is 39.5. The van der Waals surface area contributed by atoms with Gasteiger partial charge < -0.3 is 89.0 Å².